The Balaban J connectivity index is 2.30. The minimum absolute atomic E-state index is 0.183. The molecule has 0 nitrogen and oxygen atoms in total. The summed E-state index contributed by atoms with van der Waals surface area (Å²) in [5.74, 6) is 0. The van der Waals surface area contributed by atoms with Gasteiger partial charge in [-0.25, -0.2) is 0 Å². The third-order valence-corrected chi connectivity index (χ3v) is 4.80. The molecule has 96 valence electrons. The number of fused-ring (bicyclic) bond motifs is 2. The summed E-state index contributed by atoms with van der Waals surface area (Å²) in [6, 6.07) is 15.1. The molecule has 2 aromatic carbocycles. The van der Waals surface area contributed by atoms with Crippen molar-refractivity contribution >= 4 is 43.1 Å². The number of benzene rings is 2. The first kappa shape index (κ1) is 12.8. The van der Waals surface area contributed by atoms with Crippen LogP contribution in [-0.2, 0) is 5.41 Å². The molecule has 19 heavy (non-hydrogen) atoms. The van der Waals surface area contributed by atoms with Crippen LogP contribution in [0.3, 0.4) is 0 Å². The lowest BCUT2D eigenvalue weighted by Crippen LogP contribution is -2.10. The highest BCUT2D eigenvalue weighted by Gasteiger charge is 2.17. The van der Waals surface area contributed by atoms with Crippen LogP contribution in [-0.4, -0.2) is 0 Å². The van der Waals surface area contributed by atoms with Crippen molar-refractivity contribution in [3.63, 3.8) is 0 Å². The summed E-state index contributed by atoms with van der Waals surface area (Å²) in [6.45, 7) is 6.74. The highest BCUT2D eigenvalue weighted by molar-refractivity contribution is 7.24. The standard InChI is InChI=1S/C17H16ClS/c1-17(2,3)13-4-6-15-11(9-13)8-12-10-14(18)5-7-16(12)19-15/h4-10H,1-3H3/q+1. The lowest BCUT2D eigenvalue weighted by atomic mass is 9.86. The summed E-state index contributed by atoms with van der Waals surface area (Å²) in [5.41, 5.74) is 1.55. The predicted molar refractivity (Wildman–Crippen MR) is 87.4 cm³/mol. The van der Waals surface area contributed by atoms with E-state index < -0.39 is 0 Å². The molecule has 0 N–H and O–H groups in total. The van der Waals surface area contributed by atoms with Crippen LogP contribution in [0, 0.1) is 0 Å². The van der Waals surface area contributed by atoms with Crippen LogP contribution in [0.25, 0.3) is 20.2 Å². The molecule has 3 aromatic rings. The van der Waals surface area contributed by atoms with Gasteiger partial charge in [0.25, 0.3) is 0 Å². The van der Waals surface area contributed by atoms with Gasteiger partial charge in [-0.1, -0.05) is 38.4 Å². The zero-order chi connectivity index (χ0) is 13.6. The summed E-state index contributed by atoms with van der Waals surface area (Å²) in [7, 11) is 0. The molecule has 0 bridgehead atoms. The molecule has 2 heteroatoms. The molecular formula is C17H16ClS+. The summed E-state index contributed by atoms with van der Waals surface area (Å²) in [5, 5.41) is 3.31. The lowest BCUT2D eigenvalue weighted by molar-refractivity contribution is 0.591. The van der Waals surface area contributed by atoms with Crippen LogP contribution in [0.15, 0.2) is 42.5 Å². The van der Waals surface area contributed by atoms with Gasteiger partial charge in [0.15, 0.2) is 0 Å². The average molecular weight is 288 g/mol. The second-order valence-corrected chi connectivity index (χ2v) is 7.45. The van der Waals surface area contributed by atoms with Crippen LogP contribution in [0.1, 0.15) is 26.3 Å². The van der Waals surface area contributed by atoms with E-state index in [4.69, 9.17) is 11.6 Å². The molecule has 0 unspecified atom stereocenters. The van der Waals surface area contributed by atoms with E-state index in [0.29, 0.717) is 0 Å². The van der Waals surface area contributed by atoms with E-state index in [1.807, 2.05) is 23.5 Å². The average Bonchev–Trinajstić information content (AvgIpc) is 2.34. The van der Waals surface area contributed by atoms with Crippen LogP contribution in [0.5, 0.6) is 0 Å². The van der Waals surface area contributed by atoms with E-state index >= 15 is 0 Å². The van der Waals surface area contributed by atoms with Gasteiger partial charge >= 0.3 is 0 Å². The minimum atomic E-state index is 0.183. The zero-order valence-corrected chi connectivity index (χ0v) is 12.9. The fourth-order valence-electron chi connectivity index (χ4n) is 2.23. The van der Waals surface area contributed by atoms with Crippen molar-refractivity contribution in [1.29, 1.82) is 0 Å². The third kappa shape index (κ3) is 2.45. The Morgan fingerprint density at radius 2 is 1.47 bits per heavy atom. The first-order valence-corrected chi connectivity index (χ1v) is 7.60. The number of hydrogen-bond acceptors (Lipinski definition) is 0. The normalized spacial score (nSPS) is 12.2. The molecule has 0 atom stereocenters. The monoisotopic (exact) mass is 287 g/mol. The van der Waals surface area contributed by atoms with E-state index in [1.54, 1.807) is 0 Å². The van der Waals surface area contributed by atoms with Gasteiger partial charge < -0.3 is 0 Å². The number of hydrogen-bond donors (Lipinski definition) is 0. The third-order valence-electron chi connectivity index (χ3n) is 3.38. The maximum atomic E-state index is 6.08. The molecule has 0 aliphatic carbocycles. The van der Waals surface area contributed by atoms with Crippen LogP contribution < -0.4 is 0 Å². The molecule has 3 rings (SSSR count). The van der Waals surface area contributed by atoms with Gasteiger partial charge in [-0.15, -0.1) is 0 Å². The van der Waals surface area contributed by atoms with Crippen molar-refractivity contribution in [1.82, 2.24) is 0 Å². The predicted octanol–water partition coefficient (Wildman–Crippen LogP) is 6.29. The Kier molecular flexibility index (Phi) is 2.99. The van der Waals surface area contributed by atoms with Gasteiger partial charge in [0.05, 0.1) is 0 Å². The molecule has 1 aromatic heterocycles. The molecule has 0 spiro atoms. The smallest absolute Gasteiger partial charge is 0.0843 e. The fraction of sp³-hybridized carbons (Fsp3) is 0.235. The lowest BCUT2D eigenvalue weighted by Gasteiger charge is -2.18. The molecule has 0 aliphatic heterocycles. The second-order valence-electron chi connectivity index (χ2n) is 5.93. The minimum Gasteiger partial charge on any atom is -0.0843 e. The number of rotatable bonds is 0. The van der Waals surface area contributed by atoms with Crippen molar-refractivity contribution < 1.29 is 0 Å². The molecule has 0 saturated heterocycles. The van der Waals surface area contributed by atoms with Gasteiger partial charge in [0, 0.05) is 27.9 Å². The quantitative estimate of drug-likeness (QED) is 0.337. The maximum absolute atomic E-state index is 6.08. The molecule has 0 radical (unpaired) electrons. The maximum Gasteiger partial charge on any atom is 0.238 e. The Bertz CT molecular complexity index is 769. The zero-order valence-electron chi connectivity index (χ0n) is 11.3. The summed E-state index contributed by atoms with van der Waals surface area (Å²) >= 11 is 7.90. The summed E-state index contributed by atoms with van der Waals surface area (Å²) < 4.78 is 2.60. The van der Waals surface area contributed by atoms with Crippen LogP contribution >= 0.6 is 22.9 Å². The topological polar surface area (TPSA) is 0 Å². The van der Waals surface area contributed by atoms with Crippen molar-refractivity contribution in [2.24, 2.45) is 0 Å². The molecular weight excluding hydrogens is 272 g/mol. The van der Waals surface area contributed by atoms with Crippen molar-refractivity contribution in [2.45, 2.75) is 26.2 Å². The second kappa shape index (κ2) is 4.43. The van der Waals surface area contributed by atoms with Gasteiger partial charge in [0.2, 0.25) is 20.7 Å². The Morgan fingerprint density at radius 3 is 2.16 bits per heavy atom. The molecule has 1 heterocycles. The van der Waals surface area contributed by atoms with Crippen LogP contribution in [0.4, 0.5) is 0 Å². The SMILES string of the molecule is CC(C)(C)c1ccc2[s+]c3ccc(Cl)cc3cc2c1. The fourth-order valence-corrected chi connectivity index (χ4v) is 3.39. The number of halogens is 1. The highest BCUT2D eigenvalue weighted by atomic mass is 35.5. The van der Waals surface area contributed by atoms with E-state index in [2.05, 4.69) is 51.1 Å². The Morgan fingerprint density at radius 1 is 0.842 bits per heavy atom. The van der Waals surface area contributed by atoms with Crippen molar-refractivity contribution in [3.05, 3.63) is 53.1 Å². The summed E-state index contributed by atoms with van der Waals surface area (Å²) in [4.78, 5) is 0. The Hall–Kier alpha value is -1.18. The largest absolute Gasteiger partial charge is 0.238 e. The van der Waals surface area contributed by atoms with E-state index in [0.717, 1.165) is 5.02 Å². The van der Waals surface area contributed by atoms with Gasteiger partial charge in [-0.2, -0.15) is 0 Å². The Labute approximate surface area is 122 Å². The van der Waals surface area contributed by atoms with Gasteiger partial charge in [0.1, 0.15) is 0 Å². The molecule has 0 amide bonds. The van der Waals surface area contributed by atoms with Crippen molar-refractivity contribution in [2.75, 3.05) is 0 Å². The molecule has 0 saturated carbocycles. The highest BCUT2D eigenvalue weighted by Crippen LogP contribution is 2.33. The first-order chi connectivity index (χ1) is 8.93. The van der Waals surface area contributed by atoms with E-state index in [1.165, 1.54) is 25.7 Å². The van der Waals surface area contributed by atoms with Crippen molar-refractivity contribution in [3.8, 4) is 0 Å². The molecule has 0 fully saturated rings. The summed E-state index contributed by atoms with van der Waals surface area (Å²) in [6.07, 6.45) is 0. The first-order valence-electron chi connectivity index (χ1n) is 6.40. The van der Waals surface area contributed by atoms with E-state index in [9.17, 15) is 0 Å². The van der Waals surface area contributed by atoms with Gasteiger partial charge in [-0.3, -0.25) is 0 Å². The van der Waals surface area contributed by atoms with E-state index in [-0.39, 0.29) is 5.41 Å². The molecule has 0 aliphatic rings. The van der Waals surface area contributed by atoms with Crippen LogP contribution in [0.2, 0.25) is 5.02 Å². The van der Waals surface area contributed by atoms with Gasteiger partial charge in [-0.05, 0) is 35.2 Å².